The van der Waals surface area contributed by atoms with Crippen LogP contribution in [-0.4, -0.2) is 10.4 Å². The van der Waals surface area contributed by atoms with Gasteiger partial charge in [-0.1, -0.05) is 24.8 Å². The number of hydrogen-bond acceptors (Lipinski definition) is 1. The van der Waals surface area contributed by atoms with Gasteiger partial charge in [0.25, 0.3) is 0 Å². The first-order chi connectivity index (χ1) is 7.59. The zero-order valence-corrected chi connectivity index (χ0v) is 9.66. The van der Waals surface area contributed by atoms with Gasteiger partial charge in [0.05, 0.1) is 6.54 Å². The van der Waals surface area contributed by atoms with E-state index in [1.807, 2.05) is 35.9 Å². The summed E-state index contributed by atoms with van der Waals surface area (Å²) in [5, 5.41) is 1.16. The summed E-state index contributed by atoms with van der Waals surface area (Å²) in [4.78, 5) is 11.2. The van der Waals surface area contributed by atoms with E-state index in [1.165, 1.54) is 0 Å². The minimum atomic E-state index is 0.161. The quantitative estimate of drug-likeness (QED) is 0.767. The van der Waals surface area contributed by atoms with E-state index in [9.17, 15) is 4.79 Å². The van der Waals surface area contributed by atoms with Gasteiger partial charge in [0.1, 0.15) is 5.78 Å². The van der Waals surface area contributed by atoms with Crippen molar-refractivity contribution in [1.82, 2.24) is 4.57 Å². The van der Waals surface area contributed by atoms with Crippen LogP contribution >= 0.6 is 0 Å². The second-order valence-electron chi connectivity index (χ2n) is 4.17. The summed E-state index contributed by atoms with van der Waals surface area (Å²) in [5.41, 5.74) is 3.24. The van der Waals surface area contributed by atoms with Crippen molar-refractivity contribution >= 4 is 22.3 Å². The zero-order chi connectivity index (χ0) is 11.7. The molecule has 0 aliphatic carbocycles. The molecule has 0 fully saturated rings. The average Bonchev–Trinajstić information content (AvgIpc) is 2.57. The lowest BCUT2D eigenvalue weighted by molar-refractivity contribution is -0.117. The van der Waals surface area contributed by atoms with Crippen LogP contribution in [0, 0.1) is 0 Å². The molecule has 0 spiro atoms. The van der Waals surface area contributed by atoms with Gasteiger partial charge in [-0.3, -0.25) is 4.79 Å². The van der Waals surface area contributed by atoms with E-state index in [0.29, 0.717) is 6.54 Å². The van der Waals surface area contributed by atoms with Crippen LogP contribution in [0.5, 0.6) is 0 Å². The van der Waals surface area contributed by atoms with Gasteiger partial charge in [-0.25, -0.2) is 0 Å². The summed E-state index contributed by atoms with van der Waals surface area (Å²) in [6, 6.07) is 8.09. The number of carbonyl (C=O) groups excluding carboxylic acids is 1. The molecule has 2 rings (SSSR count). The number of rotatable bonds is 3. The minimum absolute atomic E-state index is 0.161. The van der Waals surface area contributed by atoms with Crippen LogP contribution in [0.3, 0.4) is 0 Å². The molecule has 16 heavy (non-hydrogen) atoms. The van der Waals surface area contributed by atoms with Gasteiger partial charge in [-0.05, 0) is 25.5 Å². The maximum absolute atomic E-state index is 11.2. The number of allylic oxidation sites excluding steroid dienone is 1. The fourth-order valence-electron chi connectivity index (χ4n) is 1.96. The monoisotopic (exact) mass is 213 g/mol. The van der Waals surface area contributed by atoms with Gasteiger partial charge in [-0.15, -0.1) is 0 Å². The zero-order valence-electron chi connectivity index (χ0n) is 9.66. The first kappa shape index (κ1) is 10.7. The Bertz CT molecular complexity index is 563. The Morgan fingerprint density at radius 3 is 2.62 bits per heavy atom. The largest absolute Gasteiger partial charge is 0.339 e. The number of carbonyl (C=O) groups is 1. The third kappa shape index (κ3) is 1.78. The van der Waals surface area contributed by atoms with Crippen molar-refractivity contribution in [3.63, 3.8) is 0 Å². The lowest BCUT2D eigenvalue weighted by Crippen LogP contribution is -2.04. The van der Waals surface area contributed by atoms with Gasteiger partial charge in [0.15, 0.2) is 0 Å². The standard InChI is InChI=1S/C14H15NO/c1-10(2)13-9-15(8-11(3)16)14-7-5-4-6-12(13)14/h4-7,9H,1,8H2,2-3H3. The molecule has 1 aromatic carbocycles. The van der Waals surface area contributed by atoms with Crippen LogP contribution in [0.1, 0.15) is 19.4 Å². The number of Topliss-reactive ketones (excluding diaryl/α,β-unsaturated/α-hetero) is 1. The van der Waals surface area contributed by atoms with Gasteiger partial charge in [-0.2, -0.15) is 0 Å². The van der Waals surface area contributed by atoms with Crippen molar-refractivity contribution in [2.45, 2.75) is 20.4 Å². The first-order valence-electron chi connectivity index (χ1n) is 5.33. The molecule has 0 saturated carbocycles. The molecule has 0 atom stereocenters. The number of benzene rings is 1. The van der Waals surface area contributed by atoms with Crippen LogP contribution in [0.15, 0.2) is 37.0 Å². The first-order valence-corrected chi connectivity index (χ1v) is 5.33. The molecule has 0 aliphatic heterocycles. The molecular weight excluding hydrogens is 198 g/mol. The van der Waals surface area contributed by atoms with E-state index in [0.717, 1.165) is 22.0 Å². The van der Waals surface area contributed by atoms with Gasteiger partial charge in [0.2, 0.25) is 0 Å². The second kappa shape index (κ2) is 3.97. The minimum Gasteiger partial charge on any atom is -0.339 e. The fraction of sp³-hybridized carbons (Fsp3) is 0.214. The second-order valence-corrected chi connectivity index (χ2v) is 4.17. The number of fused-ring (bicyclic) bond motifs is 1. The maximum atomic E-state index is 11.2. The molecule has 2 aromatic rings. The molecule has 0 N–H and O–H groups in total. The number of aromatic nitrogens is 1. The average molecular weight is 213 g/mol. The molecule has 0 bridgehead atoms. The summed E-state index contributed by atoms with van der Waals surface area (Å²) in [5.74, 6) is 0.161. The lowest BCUT2D eigenvalue weighted by atomic mass is 10.1. The summed E-state index contributed by atoms with van der Waals surface area (Å²) in [7, 11) is 0. The number of hydrogen-bond donors (Lipinski definition) is 0. The summed E-state index contributed by atoms with van der Waals surface area (Å²) in [6.07, 6.45) is 2.01. The van der Waals surface area contributed by atoms with Crippen molar-refractivity contribution in [2.24, 2.45) is 0 Å². The van der Waals surface area contributed by atoms with Crippen molar-refractivity contribution in [3.05, 3.63) is 42.6 Å². The highest BCUT2D eigenvalue weighted by molar-refractivity contribution is 5.93. The Hall–Kier alpha value is -1.83. The molecule has 0 amide bonds. The normalized spacial score (nSPS) is 10.6. The number of para-hydroxylation sites is 1. The van der Waals surface area contributed by atoms with Gasteiger partial charge in [0, 0.05) is 22.7 Å². The number of nitrogens with zero attached hydrogens (tertiary/aromatic N) is 1. The van der Waals surface area contributed by atoms with Crippen LogP contribution in [0.4, 0.5) is 0 Å². The highest BCUT2D eigenvalue weighted by Crippen LogP contribution is 2.26. The molecule has 0 saturated heterocycles. The van der Waals surface area contributed by atoms with Crippen LogP contribution in [0.2, 0.25) is 0 Å². The molecule has 0 radical (unpaired) electrons. The molecule has 2 nitrogen and oxygen atoms in total. The predicted molar refractivity (Wildman–Crippen MR) is 67.3 cm³/mol. The van der Waals surface area contributed by atoms with Crippen molar-refractivity contribution < 1.29 is 4.79 Å². The smallest absolute Gasteiger partial charge is 0.149 e. The van der Waals surface area contributed by atoms with E-state index in [4.69, 9.17) is 0 Å². The Labute approximate surface area is 95.2 Å². The summed E-state index contributed by atoms with van der Waals surface area (Å²) < 4.78 is 1.99. The molecular formula is C14H15NO. The van der Waals surface area contributed by atoms with Gasteiger partial charge >= 0.3 is 0 Å². The fourth-order valence-corrected chi connectivity index (χ4v) is 1.96. The molecule has 0 unspecified atom stereocenters. The summed E-state index contributed by atoms with van der Waals surface area (Å²) >= 11 is 0. The van der Waals surface area contributed by atoms with Crippen molar-refractivity contribution in [3.8, 4) is 0 Å². The molecule has 1 aromatic heterocycles. The third-order valence-electron chi connectivity index (χ3n) is 2.64. The van der Waals surface area contributed by atoms with Crippen LogP contribution in [0.25, 0.3) is 16.5 Å². The number of ketones is 1. The Kier molecular flexibility index (Phi) is 2.65. The SMILES string of the molecule is C=C(C)c1cn(CC(C)=O)c2ccccc12. The van der Waals surface area contributed by atoms with E-state index in [1.54, 1.807) is 6.92 Å². The maximum Gasteiger partial charge on any atom is 0.149 e. The van der Waals surface area contributed by atoms with E-state index in [2.05, 4.69) is 12.6 Å². The molecule has 0 aliphatic rings. The Balaban J connectivity index is 2.66. The highest BCUT2D eigenvalue weighted by atomic mass is 16.1. The van der Waals surface area contributed by atoms with Crippen molar-refractivity contribution in [2.75, 3.05) is 0 Å². The van der Waals surface area contributed by atoms with Crippen LogP contribution in [-0.2, 0) is 11.3 Å². The molecule has 1 heterocycles. The predicted octanol–water partition coefficient (Wildman–Crippen LogP) is 3.26. The van der Waals surface area contributed by atoms with Crippen molar-refractivity contribution in [1.29, 1.82) is 0 Å². The topological polar surface area (TPSA) is 22.0 Å². The van der Waals surface area contributed by atoms with Crippen LogP contribution < -0.4 is 0 Å². The van der Waals surface area contributed by atoms with E-state index >= 15 is 0 Å². The molecule has 82 valence electrons. The lowest BCUT2D eigenvalue weighted by Gasteiger charge is -2.00. The Morgan fingerprint density at radius 1 is 1.31 bits per heavy atom. The summed E-state index contributed by atoms with van der Waals surface area (Å²) in [6.45, 7) is 7.99. The highest BCUT2D eigenvalue weighted by Gasteiger charge is 2.08. The van der Waals surface area contributed by atoms with E-state index in [-0.39, 0.29) is 5.78 Å². The Morgan fingerprint density at radius 2 is 2.00 bits per heavy atom. The third-order valence-corrected chi connectivity index (χ3v) is 2.64. The van der Waals surface area contributed by atoms with Gasteiger partial charge < -0.3 is 4.57 Å². The van der Waals surface area contributed by atoms with E-state index < -0.39 is 0 Å². The molecule has 2 heteroatoms.